The molecule has 0 aliphatic rings. The fourth-order valence-corrected chi connectivity index (χ4v) is 3.33. The average Bonchev–Trinajstić information content (AvgIpc) is 2.99. The molecule has 4 heteroatoms. The largest absolute Gasteiger partial charge is 0.466 e. The number of fused-ring (bicyclic) bond motifs is 1. The summed E-state index contributed by atoms with van der Waals surface area (Å²) in [6, 6.07) is 13.1. The molecule has 3 aromatic rings. The van der Waals surface area contributed by atoms with Crippen molar-refractivity contribution >= 4 is 16.9 Å². The van der Waals surface area contributed by atoms with Gasteiger partial charge in [0.05, 0.1) is 6.61 Å². The maximum atomic E-state index is 13.2. The van der Waals surface area contributed by atoms with E-state index in [2.05, 4.69) is 42.8 Å². The molecule has 0 fully saturated rings. The van der Waals surface area contributed by atoms with Crippen LogP contribution in [0.25, 0.3) is 10.9 Å². The number of carbonyl (C=O) groups is 1. The van der Waals surface area contributed by atoms with Gasteiger partial charge in [-0.15, -0.1) is 0 Å². The highest BCUT2D eigenvalue weighted by molar-refractivity contribution is 5.85. The van der Waals surface area contributed by atoms with Crippen molar-refractivity contribution in [1.29, 1.82) is 0 Å². The van der Waals surface area contributed by atoms with Crippen LogP contribution in [0, 0.1) is 5.82 Å². The van der Waals surface area contributed by atoms with Gasteiger partial charge in [-0.3, -0.25) is 4.79 Å². The molecule has 0 atom stereocenters. The number of nitrogens with zero attached hydrogens (tertiary/aromatic N) is 1. The van der Waals surface area contributed by atoms with E-state index in [-0.39, 0.29) is 11.8 Å². The van der Waals surface area contributed by atoms with Crippen LogP contribution in [0.5, 0.6) is 0 Å². The lowest BCUT2D eigenvalue weighted by atomic mass is 9.99. The fourth-order valence-electron chi connectivity index (χ4n) is 3.33. The van der Waals surface area contributed by atoms with Gasteiger partial charge in [0.15, 0.2) is 0 Å². The zero-order valence-electron chi connectivity index (χ0n) is 16.2. The summed E-state index contributed by atoms with van der Waals surface area (Å²) in [5, 5.41) is 1.17. The third kappa shape index (κ3) is 4.57. The molecule has 0 N–H and O–H groups in total. The highest BCUT2D eigenvalue weighted by Crippen LogP contribution is 2.28. The van der Waals surface area contributed by atoms with E-state index in [0.29, 0.717) is 31.9 Å². The molecule has 3 nitrogen and oxygen atoms in total. The number of carbonyl (C=O) groups excluding carboxylic acids is 1. The van der Waals surface area contributed by atoms with Crippen LogP contribution in [-0.4, -0.2) is 17.1 Å². The Labute approximate surface area is 159 Å². The van der Waals surface area contributed by atoms with Gasteiger partial charge in [-0.1, -0.05) is 32.0 Å². The molecule has 3 rings (SSSR count). The molecule has 0 aliphatic carbocycles. The topological polar surface area (TPSA) is 31.2 Å². The summed E-state index contributed by atoms with van der Waals surface area (Å²) in [4.78, 5) is 11.8. The van der Waals surface area contributed by atoms with Crippen LogP contribution in [0.1, 0.15) is 49.8 Å². The second-order valence-corrected chi connectivity index (χ2v) is 7.15. The molecule has 0 spiro atoms. The Hall–Kier alpha value is -2.62. The van der Waals surface area contributed by atoms with Crippen molar-refractivity contribution in [3.05, 3.63) is 71.2 Å². The van der Waals surface area contributed by atoms with Crippen molar-refractivity contribution in [2.24, 2.45) is 0 Å². The number of aromatic nitrogens is 1. The molecule has 1 heterocycles. The van der Waals surface area contributed by atoms with E-state index in [9.17, 15) is 9.18 Å². The van der Waals surface area contributed by atoms with Crippen LogP contribution >= 0.6 is 0 Å². The molecule has 1 aromatic heterocycles. The molecule has 27 heavy (non-hydrogen) atoms. The summed E-state index contributed by atoms with van der Waals surface area (Å²) >= 11 is 0. The van der Waals surface area contributed by atoms with Crippen molar-refractivity contribution < 1.29 is 13.9 Å². The molecule has 2 aromatic carbocycles. The zero-order chi connectivity index (χ0) is 19.4. The monoisotopic (exact) mass is 367 g/mol. The van der Waals surface area contributed by atoms with Crippen molar-refractivity contribution in [2.75, 3.05) is 6.61 Å². The molecule has 0 amide bonds. The first kappa shape index (κ1) is 19.2. The van der Waals surface area contributed by atoms with Gasteiger partial charge in [0, 0.05) is 30.1 Å². The summed E-state index contributed by atoms with van der Waals surface area (Å²) in [5.74, 6) is 0.0394. The zero-order valence-corrected chi connectivity index (χ0v) is 16.2. The second kappa shape index (κ2) is 8.38. The van der Waals surface area contributed by atoms with E-state index < -0.39 is 0 Å². The predicted octanol–water partition coefficient (Wildman–Crippen LogP) is 5.45. The Balaban J connectivity index is 1.95. The van der Waals surface area contributed by atoms with Crippen molar-refractivity contribution in [3.8, 4) is 0 Å². The predicted molar refractivity (Wildman–Crippen MR) is 106 cm³/mol. The van der Waals surface area contributed by atoms with E-state index >= 15 is 0 Å². The lowest BCUT2D eigenvalue weighted by Gasteiger charge is -2.08. The smallest absolute Gasteiger partial charge is 0.306 e. The molecular formula is C23H26FNO2. The molecular weight excluding hydrogens is 341 g/mol. The molecule has 0 saturated heterocycles. The van der Waals surface area contributed by atoms with Gasteiger partial charge in [-0.2, -0.15) is 0 Å². The van der Waals surface area contributed by atoms with Crippen LogP contribution in [0.4, 0.5) is 4.39 Å². The molecule has 0 unspecified atom stereocenters. The van der Waals surface area contributed by atoms with Gasteiger partial charge in [-0.25, -0.2) is 4.39 Å². The maximum absolute atomic E-state index is 13.2. The Morgan fingerprint density at radius 3 is 2.56 bits per heavy atom. The van der Waals surface area contributed by atoms with E-state index in [1.165, 1.54) is 23.1 Å². The molecule has 0 radical (unpaired) electrons. The summed E-state index contributed by atoms with van der Waals surface area (Å²) in [6.45, 7) is 7.24. The fraction of sp³-hybridized carbons (Fsp3) is 0.348. The SMILES string of the molecule is CCOC(=O)CCc1cn(Cc2ccc(F)cc2)c2ccc(C(C)C)cc12. The Kier molecular flexibility index (Phi) is 5.94. The number of esters is 1. The first-order valence-electron chi connectivity index (χ1n) is 9.49. The summed E-state index contributed by atoms with van der Waals surface area (Å²) in [5.41, 5.74) is 4.59. The van der Waals surface area contributed by atoms with Gasteiger partial charge in [0.25, 0.3) is 0 Å². The Morgan fingerprint density at radius 2 is 1.89 bits per heavy atom. The van der Waals surface area contributed by atoms with Gasteiger partial charge in [-0.05, 0) is 60.2 Å². The highest BCUT2D eigenvalue weighted by Gasteiger charge is 2.13. The average molecular weight is 367 g/mol. The highest BCUT2D eigenvalue weighted by atomic mass is 19.1. The van der Waals surface area contributed by atoms with Crippen molar-refractivity contribution in [3.63, 3.8) is 0 Å². The van der Waals surface area contributed by atoms with Gasteiger partial charge in [0.2, 0.25) is 0 Å². The minimum Gasteiger partial charge on any atom is -0.466 e. The molecule has 0 aliphatic heterocycles. The standard InChI is InChI=1S/C23H26FNO2/c1-4-27-23(26)12-8-19-15-25(14-17-5-9-20(24)10-6-17)22-11-7-18(16(2)3)13-21(19)22/h5-7,9-11,13,15-16H,4,8,12,14H2,1-3H3. The summed E-state index contributed by atoms with van der Waals surface area (Å²) in [7, 11) is 0. The second-order valence-electron chi connectivity index (χ2n) is 7.15. The molecule has 142 valence electrons. The molecule has 0 saturated carbocycles. The maximum Gasteiger partial charge on any atom is 0.306 e. The van der Waals surface area contributed by atoms with Crippen molar-refractivity contribution in [1.82, 2.24) is 4.57 Å². The van der Waals surface area contributed by atoms with E-state index in [1.54, 1.807) is 0 Å². The summed E-state index contributed by atoms with van der Waals surface area (Å²) < 4.78 is 20.4. The first-order valence-corrected chi connectivity index (χ1v) is 9.49. The third-order valence-electron chi connectivity index (χ3n) is 4.82. The van der Waals surface area contributed by atoms with Crippen LogP contribution in [0.3, 0.4) is 0 Å². The Morgan fingerprint density at radius 1 is 1.15 bits per heavy atom. The normalized spacial score (nSPS) is 11.3. The number of aryl methyl sites for hydroxylation is 1. The van der Waals surface area contributed by atoms with Crippen molar-refractivity contribution in [2.45, 2.75) is 46.1 Å². The number of benzene rings is 2. The number of rotatable bonds is 7. The lowest BCUT2D eigenvalue weighted by molar-refractivity contribution is -0.143. The minimum atomic E-state index is -0.229. The van der Waals surface area contributed by atoms with Gasteiger partial charge < -0.3 is 9.30 Å². The molecule has 0 bridgehead atoms. The van der Waals surface area contributed by atoms with E-state index in [4.69, 9.17) is 4.74 Å². The van der Waals surface area contributed by atoms with Gasteiger partial charge >= 0.3 is 5.97 Å². The third-order valence-corrected chi connectivity index (χ3v) is 4.82. The van der Waals surface area contributed by atoms with Crippen LogP contribution in [0.15, 0.2) is 48.7 Å². The van der Waals surface area contributed by atoms with Crippen LogP contribution in [0.2, 0.25) is 0 Å². The number of hydrogen-bond acceptors (Lipinski definition) is 2. The van der Waals surface area contributed by atoms with Crippen LogP contribution in [-0.2, 0) is 22.5 Å². The van der Waals surface area contributed by atoms with Gasteiger partial charge in [0.1, 0.15) is 5.82 Å². The first-order chi connectivity index (χ1) is 13.0. The minimum absolute atomic E-state index is 0.169. The van der Waals surface area contributed by atoms with E-state index in [0.717, 1.165) is 16.6 Å². The number of hydrogen-bond donors (Lipinski definition) is 0. The number of halogens is 1. The quantitative estimate of drug-likeness (QED) is 0.520. The van der Waals surface area contributed by atoms with Crippen LogP contribution < -0.4 is 0 Å². The van der Waals surface area contributed by atoms with E-state index in [1.807, 2.05) is 19.1 Å². The lowest BCUT2D eigenvalue weighted by Crippen LogP contribution is -2.05. The number of ether oxygens (including phenoxy) is 1. The Bertz CT molecular complexity index is 925. The summed E-state index contributed by atoms with van der Waals surface area (Å²) in [6.07, 6.45) is 3.13.